The number of nitrogens with zero attached hydrogens (tertiary/aromatic N) is 1. The predicted octanol–water partition coefficient (Wildman–Crippen LogP) is 5.31. The number of thioether (sulfide) groups is 1. The molecule has 1 N–H and O–H groups in total. The summed E-state index contributed by atoms with van der Waals surface area (Å²) in [6.07, 6.45) is 6.79. The highest BCUT2D eigenvalue weighted by molar-refractivity contribution is 8.01. The number of benzene rings is 2. The molecule has 2 atom stereocenters. The molecule has 2 aromatic carbocycles. The monoisotopic (exact) mass is 440 g/mol. The van der Waals surface area contributed by atoms with E-state index in [9.17, 15) is 14.0 Å². The van der Waals surface area contributed by atoms with Gasteiger partial charge in [0.25, 0.3) is 0 Å². The molecule has 0 aromatic heterocycles. The van der Waals surface area contributed by atoms with Crippen LogP contribution in [0.4, 0.5) is 10.1 Å². The lowest BCUT2D eigenvalue weighted by Crippen LogP contribution is -2.48. The predicted molar refractivity (Wildman–Crippen MR) is 122 cm³/mol. The van der Waals surface area contributed by atoms with Gasteiger partial charge in [0.15, 0.2) is 0 Å². The largest absolute Gasteiger partial charge is 0.353 e. The number of amides is 2. The second kappa shape index (κ2) is 9.86. The Morgan fingerprint density at radius 1 is 1.10 bits per heavy atom. The lowest BCUT2D eigenvalue weighted by molar-refractivity contribution is -0.129. The van der Waals surface area contributed by atoms with Crippen molar-refractivity contribution in [3.8, 4) is 0 Å². The van der Waals surface area contributed by atoms with Crippen LogP contribution in [-0.4, -0.2) is 23.1 Å². The number of anilines is 1. The molecule has 164 valence electrons. The molecular weight excluding hydrogens is 411 g/mol. The first kappa shape index (κ1) is 21.9. The van der Waals surface area contributed by atoms with Crippen LogP contribution in [0, 0.1) is 11.7 Å². The van der Waals surface area contributed by atoms with Crippen molar-refractivity contribution in [1.29, 1.82) is 0 Å². The number of hydrogen-bond acceptors (Lipinski definition) is 3. The molecular formula is C25H29FN2O2S. The molecule has 0 unspecified atom stereocenters. The number of fused-ring (bicyclic) bond motifs is 1. The summed E-state index contributed by atoms with van der Waals surface area (Å²) in [6, 6.07) is 14.2. The number of rotatable bonds is 5. The van der Waals surface area contributed by atoms with Crippen LogP contribution in [0.1, 0.15) is 51.0 Å². The van der Waals surface area contributed by atoms with E-state index < -0.39 is 11.2 Å². The Balaban J connectivity index is 1.53. The standard InChI is InChI=1S/C25H29FN2O2S/c1-17(24(29)27-20-8-4-2-3-5-9-20)23-25(30)28(16-18-12-14-19(26)15-13-18)21-10-6-7-11-22(21)31-23/h6-7,10-15,17,20,23H,2-5,8-9,16H2,1H3,(H,27,29)/t17-,23-/m1/s1. The zero-order valence-electron chi connectivity index (χ0n) is 17.9. The highest BCUT2D eigenvalue weighted by atomic mass is 32.2. The van der Waals surface area contributed by atoms with Gasteiger partial charge in [-0.15, -0.1) is 11.8 Å². The summed E-state index contributed by atoms with van der Waals surface area (Å²) >= 11 is 1.47. The Kier molecular flexibility index (Phi) is 6.96. The SMILES string of the molecule is C[C@@H](C(=O)NC1CCCCCC1)[C@H]1Sc2ccccc2N(Cc2ccc(F)cc2)C1=O. The van der Waals surface area contributed by atoms with Crippen LogP contribution >= 0.6 is 11.8 Å². The minimum absolute atomic E-state index is 0.0427. The van der Waals surface area contributed by atoms with Gasteiger partial charge in [0.2, 0.25) is 11.8 Å². The van der Waals surface area contributed by atoms with Crippen LogP contribution in [0.5, 0.6) is 0 Å². The summed E-state index contributed by atoms with van der Waals surface area (Å²) in [5.74, 6) is -0.855. The van der Waals surface area contributed by atoms with E-state index in [0.717, 1.165) is 41.8 Å². The first-order chi connectivity index (χ1) is 15.0. The molecule has 0 radical (unpaired) electrons. The van der Waals surface area contributed by atoms with Gasteiger partial charge in [0.05, 0.1) is 18.2 Å². The van der Waals surface area contributed by atoms with Crippen molar-refractivity contribution in [2.24, 2.45) is 5.92 Å². The highest BCUT2D eigenvalue weighted by Crippen LogP contribution is 2.42. The molecule has 2 aliphatic rings. The Morgan fingerprint density at radius 3 is 2.48 bits per heavy atom. The van der Waals surface area contributed by atoms with Crippen molar-refractivity contribution >= 4 is 29.3 Å². The van der Waals surface area contributed by atoms with Crippen LogP contribution < -0.4 is 10.2 Å². The van der Waals surface area contributed by atoms with Gasteiger partial charge in [0, 0.05) is 10.9 Å². The number of nitrogens with one attached hydrogen (secondary N) is 1. The van der Waals surface area contributed by atoms with E-state index in [1.54, 1.807) is 17.0 Å². The molecule has 0 spiro atoms. The van der Waals surface area contributed by atoms with Crippen molar-refractivity contribution in [3.63, 3.8) is 0 Å². The molecule has 1 aliphatic carbocycles. The molecule has 1 heterocycles. The van der Waals surface area contributed by atoms with Crippen molar-refractivity contribution in [3.05, 3.63) is 59.9 Å². The molecule has 1 fully saturated rings. The number of halogens is 1. The lowest BCUT2D eigenvalue weighted by Gasteiger charge is -2.36. The van der Waals surface area contributed by atoms with Crippen molar-refractivity contribution in [2.75, 3.05) is 4.90 Å². The zero-order valence-corrected chi connectivity index (χ0v) is 18.7. The number of carbonyl (C=O) groups excluding carboxylic acids is 2. The van der Waals surface area contributed by atoms with Gasteiger partial charge in [-0.25, -0.2) is 4.39 Å². The Labute approximate surface area is 187 Å². The highest BCUT2D eigenvalue weighted by Gasteiger charge is 2.39. The fourth-order valence-corrected chi connectivity index (χ4v) is 5.67. The molecule has 6 heteroatoms. The van der Waals surface area contributed by atoms with Gasteiger partial charge in [-0.1, -0.05) is 56.9 Å². The number of carbonyl (C=O) groups is 2. The molecule has 0 bridgehead atoms. The molecule has 0 saturated heterocycles. The average molecular weight is 441 g/mol. The van der Waals surface area contributed by atoms with E-state index in [0.29, 0.717) is 6.54 Å². The maximum atomic E-state index is 13.5. The van der Waals surface area contributed by atoms with Crippen LogP contribution in [-0.2, 0) is 16.1 Å². The van der Waals surface area contributed by atoms with Crippen molar-refractivity contribution in [2.45, 2.75) is 68.2 Å². The van der Waals surface area contributed by atoms with Gasteiger partial charge in [-0.2, -0.15) is 0 Å². The van der Waals surface area contributed by atoms with Gasteiger partial charge >= 0.3 is 0 Å². The number of para-hydroxylation sites is 1. The summed E-state index contributed by atoms with van der Waals surface area (Å²) in [5.41, 5.74) is 1.69. The smallest absolute Gasteiger partial charge is 0.241 e. The van der Waals surface area contributed by atoms with Gasteiger partial charge in [-0.05, 0) is 42.7 Å². The molecule has 2 aromatic rings. The normalized spacial score (nSPS) is 20.6. The summed E-state index contributed by atoms with van der Waals surface area (Å²) in [5, 5.41) is 2.72. The third-order valence-corrected chi connectivity index (χ3v) is 7.71. The summed E-state index contributed by atoms with van der Waals surface area (Å²) in [6.45, 7) is 2.20. The zero-order chi connectivity index (χ0) is 21.8. The van der Waals surface area contributed by atoms with Crippen LogP contribution in [0.15, 0.2) is 53.4 Å². The molecule has 4 rings (SSSR count). The summed E-state index contributed by atoms with van der Waals surface area (Å²) in [7, 11) is 0. The van der Waals surface area contributed by atoms with E-state index in [4.69, 9.17) is 0 Å². The van der Waals surface area contributed by atoms with Gasteiger partial charge < -0.3 is 10.2 Å². The average Bonchev–Trinajstić information content (AvgIpc) is 3.05. The second-order valence-corrected chi connectivity index (χ2v) is 9.73. The summed E-state index contributed by atoms with van der Waals surface area (Å²) in [4.78, 5) is 29.3. The Hall–Kier alpha value is -2.34. The molecule has 1 saturated carbocycles. The maximum absolute atomic E-state index is 13.5. The molecule has 2 amide bonds. The fourth-order valence-electron chi connectivity index (χ4n) is 4.38. The minimum Gasteiger partial charge on any atom is -0.353 e. The molecule has 31 heavy (non-hydrogen) atoms. The van der Waals surface area contributed by atoms with E-state index in [1.807, 2.05) is 31.2 Å². The van der Waals surface area contributed by atoms with E-state index in [1.165, 1.54) is 36.7 Å². The van der Waals surface area contributed by atoms with Crippen LogP contribution in [0.25, 0.3) is 0 Å². The van der Waals surface area contributed by atoms with Crippen LogP contribution in [0.3, 0.4) is 0 Å². The Bertz CT molecular complexity index is 925. The van der Waals surface area contributed by atoms with E-state index >= 15 is 0 Å². The van der Waals surface area contributed by atoms with Crippen LogP contribution in [0.2, 0.25) is 0 Å². The topological polar surface area (TPSA) is 49.4 Å². The van der Waals surface area contributed by atoms with Crippen molar-refractivity contribution in [1.82, 2.24) is 5.32 Å². The van der Waals surface area contributed by atoms with Gasteiger partial charge in [0.1, 0.15) is 11.1 Å². The first-order valence-corrected chi connectivity index (χ1v) is 12.0. The second-order valence-electron chi connectivity index (χ2n) is 8.54. The van der Waals surface area contributed by atoms with Gasteiger partial charge in [-0.3, -0.25) is 9.59 Å². The fraction of sp³-hybridized carbons (Fsp3) is 0.440. The Morgan fingerprint density at radius 2 is 1.77 bits per heavy atom. The third kappa shape index (κ3) is 5.12. The summed E-state index contributed by atoms with van der Waals surface area (Å²) < 4.78 is 13.3. The number of hydrogen-bond donors (Lipinski definition) is 1. The van der Waals surface area contributed by atoms with E-state index in [2.05, 4.69) is 5.32 Å². The maximum Gasteiger partial charge on any atom is 0.241 e. The molecule has 4 nitrogen and oxygen atoms in total. The third-order valence-electron chi connectivity index (χ3n) is 6.24. The first-order valence-electron chi connectivity index (χ1n) is 11.1. The minimum atomic E-state index is -0.485. The van der Waals surface area contributed by atoms with Crippen molar-refractivity contribution < 1.29 is 14.0 Å². The lowest BCUT2D eigenvalue weighted by atomic mass is 10.0. The van der Waals surface area contributed by atoms with E-state index in [-0.39, 0.29) is 23.7 Å². The molecule has 1 aliphatic heterocycles. The quantitative estimate of drug-likeness (QED) is 0.641.